The molecule has 18 heavy (non-hydrogen) atoms. The van der Waals surface area contributed by atoms with Gasteiger partial charge >= 0.3 is 0 Å². The summed E-state index contributed by atoms with van der Waals surface area (Å²) >= 11 is 0. The van der Waals surface area contributed by atoms with Crippen LogP contribution in [0.5, 0.6) is 0 Å². The molecule has 1 fully saturated rings. The fourth-order valence-corrected chi connectivity index (χ4v) is 2.94. The lowest BCUT2D eigenvalue weighted by molar-refractivity contribution is 0.308. The minimum Gasteiger partial charge on any atom is -0.314 e. The quantitative estimate of drug-likeness (QED) is 0.828. The molecule has 1 nitrogen and oxygen atoms in total. The Hall–Kier alpha value is -0.820. The van der Waals surface area contributed by atoms with Gasteiger partial charge in [-0.25, -0.2) is 0 Å². The molecule has 1 heteroatoms. The van der Waals surface area contributed by atoms with Crippen molar-refractivity contribution in [2.75, 3.05) is 6.54 Å². The van der Waals surface area contributed by atoms with Crippen LogP contribution in [0.25, 0.3) is 0 Å². The molecule has 1 saturated heterocycles. The third-order valence-electron chi connectivity index (χ3n) is 4.10. The molecule has 1 aliphatic heterocycles. The zero-order chi connectivity index (χ0) is 12.8. The molecule has 0 bridgehead atoms. The highest BCUT2D eigenvalue weighted by Gasteiger charge is 2.17. The van der Waals surface area contributed by atoms with Gasteiger partial charge < -0.3 is 5.32 Å². The van der Waals surface area contributed by atoms with Crippen LogP contribution in [0.15, 0.2) is 24.3 Å². The maximum atomic E-state index is 3.65. The molecule has 0 spiro atoms. The van der Waals surface area contributed by atoms with E-state index in [0.717, 1.165) is 12.0 Å². The first-order chi connectivity index (χ1) is 8.78. The standard InChI is InChI=1S/C17H27N/c1-3-4-15-5-7-16(8-6-15)9-10-17-13-14(2)11-12-18-17/h5-8,14,17-18H,3-4,9-13H2,1-2H3. The molecule has 100 valence electrons. The minimum absolute atomic E-state index is 0.740. The van der Waals surface area contributed by atoms with Gasteiger partial charge in [-0.05, 0) is 55.7 Å². The summed E-state index contributed by atoms with van der Waals surface area (Å²) in [6.07, 6.45) is 7.66. The second kappa shape index (κ2) is 6.94. The lowest BCUT2D eigenvalue weighted by Crippen LogP contribution is -2.37. The van der Waals surface area contributed by atoms with E-state index in [4.69, 9.17) is 0 Å². The van der Waals surface area contributed by atoms with Crippen molar-refractivity contribution in [2.45, 2.75) is 58.4 Å². The van der Waals surface area contributed by atoms with E-state index in [1.165, 1.54) is 56.2 Å². The van der Waals surface area contributed by atoms with Crippen LogP contribution in [0, 0.1) is 5.92 Å². The molecular weight excluding hydrogens is 218 g/mol. The second-order valence-electron chi connectivity index (χ2n) is 5.89. The van der Waals surface area contributed by atoms with E-state index < -0.39 is 0 Å². The van der Waals surface area contributed by atoms with Gasteiger partial charge in [0.25, 0.3) is 0 Å². The summed E-state index contributed by atoms with van der Waals surface area (Å²) in [6, 6.07) is 9.98. The average molecular weight is 245 g/mol. The van der Waals surface area contributed by atoms with E-state index in [2.05, 4.69) is 43.4 Å². The molecule has 0 amide bonds. The number of benzene rings is 1. The number of nitrogens with one attached hydrogen (secondary N) is 1. The summed E-state index contributed by atoms with van der Waals surface area (Å²) in [7, 11) is 0. The smallest absolute Gasteiger partial charge is 0.00727 e. The highest BCUT2D eigenvalue weighted by molar-refractivity contribution is 5.22. The highest BCUT2D eigenvalue weighted by Crippen LogP contribution is 2.19. The summed E-state index contributed by atoms with van der Waals surface area (Å²) in [5, 5.41) is 3.65. The van der Waals surface area contributed by atoms with E-state index >= 15 is 0 Å². The van der Waals surface area contributed by atoms with Crippen LogP contribution in [0.3, 0.4) is 0 Å². The lowest BCUT2D eigenvalue weighted by atomic mass is 9.91. The Morgan fingerprint density at radius 2 is 1.78 bits per heavy atom. The van der Waals surface area contributed by atoms with Gasteiger partial charge in [0.15, 0.2) is 0 Å². The summed E-state index contributed by atoms with van der Waals surface area (Å²) in [6.45, 7) is 5.83. The van der Waals surface area contributed by atoms with Crippen LogP contribution in [-0.4, -0.2) is 12.6 Å². The Morgan fingerprint density at radius 1 is 1.11 bits per heavy atom. The Morgan fingerprint density at radius 3 is 2.39 bits per heavy atom. The monoisotopic (exact) mass is 245 g/mol. The molecular formula is C17H27N. The van der Waals surface area contributed by atoms with Crippen LogP contribution in [-0.2, 0) is 12.8 Å². The number of piperidine rings is 1. The number of hydrogen-bond donors (Lipinski definition) is 1. The maximum absolute atomic E-state index is 3.65. The van der Waals surface area contributed by atoms with Crippen LogP contribution in [0.1, 0.15) is 50.7 Å². The van der Waals surface area contributed by atoms with Crippen molar-refractivity contribution in [3.05, 3.63) is 35.4 Å². The SMILES string of the molecule is CCCc1ccc(CCC2CC(C)CCN2)cc1. The van der Waals surface area contributed by atoms with Crippen molar-refractivity contribution in [1.82, 2.24) is 5.32 Å². The predicted molar refractivity (Wildman–Crippen MR) is 78.9 cm³/mol. The van der Waals surface area contributed by atoms with E-state index in [0.29, 0.717) is 0 Å². The van der Waals surface area contributed by atoms with E-state index in [1.54, 1.807) is 0 Å². The fourth-order valence-electron chi connectivity index (χ4n) is 2.94. The van der Waals surface area contributed by atoms with Gasteiger partial charge in [-0.1, -0.05) is 44.5 Å². The molecule has 1 aromatic rings. The Bertz CT molecular complexity index is 341. The zero-order valence-corrected chi connectivity index (χ0v) is 11.9. The van der Waals surface area contributed by atoms with E-state index in [1.807, 2.05) is 0 Å². The third-order valence-corrected chi connectivity index (χ3v) is 4.10. The van der Waals surface area contributed by atoms with Crippen LogP contribution >= 0.6 is 0 Å². The molecule has 0 saturated carbocycles. The Kier molecular flexibility index (Phi) is 5.25. The first kappa shape index (κ1) is 13.6. The molecule has 0 aromatic heterocycles. The van der Waals surface area contributed by atoms with Crippen molar-refractivity contribution < 1.29 is 0 Å². The second-order valence-corrected chi connectivity index (χ2v) is 5.89. The average Bonchev–Trinajstić information content (AvgIpc) is 2.38. The summed E-state index contributed by atoms with van der Waals surface area (Å²) in [5.74, 6) is 0.906. The Balaban J connectivity index is 1.78. The van der Waals surface area contributed by atoms with Crippen molar-refractivity contribution >= 4 is 0 Å². The van der Waals surface area contributed by atoms with Gasteiger partial charge in [-0.3, -0.25) is 0 Å². The molecule has 2 atom stereocenters. The van der Waals surface area contributed by atoms with Crippen molar-refractivity contribution in [3.8, 4) is 0 Å². The zero-order valence-electron chi connectivity index (χ0n) is 11.9. The van der Waals surface area contributed by atoms with E-state index in [9.17, 15) is 0 Å². The van der Waals surface area contributed by atoms with Crippen molar-refractivity contribution in [2.24, 2.45) is 5.92 Å². The molecule has 1 N–H and O–H groups in total. The van der Waals surface area contributed by atoms with Crippen LogP contribution in [0.2, 0.25) is 0 Å². The molecule has 0 aliphatic carbocycles. The minimum atomic E-state index is 0.740. The van der Waals surface area contributed by atoms with Gasteiger partial charge in [-0.2, -0.15) is 0 Å². The summed E-state index contributed by atoms with van der Waals surface area (Å²) < 4.78 is 0. The largest absolute Gasteiger partial charge is 0.314 e. The number of rotatable bonds is 5. The number of hydrogen-bond acceptors (Lipinski definition) is 1. The summed E-state index contributed by atoms with van der Waals surface area (Å²) in [4.78, 5) is 0. The third kappa shape index (κ3) is 4.13. The molecule has 0 radical (unpaired) electrons. The fraction of sp³-hybridized carbons (Fsp3) is 0.647. The lowest BCUT2D eigenvalue weighted by Gasteiger charge is -2.28. The van der Waals surface area contributed by atoms with Gasteiger partial charge in [0, 0.05) is 6.04 Å². The summed E-state index contributed by atoms with van der Waals surface area (Å²) in [5.41, 5.74) is 2.97. The van der Waals surface area contributed by atoms with Gasteiger partial charge in [-0.15, -0.1) is 0 Å². The van der Waals surface area contributed by atoms with E-state index in [-0.39, 0.29) is 0 Å². The first-order valence-corrected chi connectivity index (χ1v) is 7.59. The van der Waals surface area contributed by atoms with Crippen LogP contribution in [0.4, 0.5) is 0 Å². The van der Waals surface area contributed by atoms with Crippen molar-refractivity contribution in [3.63, 3.8) is 0 Å². The number of aryl methyl sites for hydroxylation is 2. The molecule has 2 unspecified atom stereocenters. The van der Waals surface area contributed by atoms with Gasteiger partial charge in [0.05, 0.1) is 0 Å². The van der Waals surface area contributed by atoms with Crippen molar-refractivity contribution in [1.29, 1.82) is 0 Å². The molecule has 2 rings (SSSR count). The topological polar surface area (TPSA) is 12.0 Å². The normalized spacial score (nSPS) is 24.1. The van der Waals surface area contributed by atoms with Gasteiger partial charge in [0.2, 0.25) is 0 Å². The molecule has 1 heterocycles. The highest BCUT2D eigenvalue weighted by atomic mass is 14.9. The predicted octanol–water partition coefficient (Wildman–Crippen LogP) is 3.96. The first-order valence-electron chi connectivity index (χ1n) is 7.59. The molecule has 1 aliphatic rings. The molecule has 1 aromatic carbocycles. The Labute approximate surface area is 112 Å². The van der Waals surface area contributed by atoms with Gasteiger partial charge in [0.1, 0.15) is 0 Å². The maximum Gasteiger partial charge on any atom is 0.00727 e. The van der Waals surface area contributed by atoms with Crippen LogP contribution < -0.4 is 5.32 Å².